The van der Waals surface area contributed by atoms with Crippen molar-refractivity contribution in [2.24, 2.45) is 0 Å². The minimum absolute atomic E-state index is 0.0729. The summed E-state index contributed by atoms with van der Waals surface area (Å²) in [6.45, 7) is 3.73. The highest BCUT2D eigenvalue weighted by Gasteiger charge is 2.19. The molecular formula is C23H21FN2O4. The Morgan fingerprint density at radius 2 is 1.90 bits per heavy atom. The first-order valence-corrected chi connectivity index (χ1v) is 9.44. The van der Waals surface area contributed by atoms with Crippen LogP contribution in [0.25, 0.3) is 0 Å². The topological polar surface area (TPSA) is 88.5 Å². The minimum Gasteiger partial charge on any atom is -0.478 e. The van der Waals surface area contributed by atoms with Crippen molar-refractivity contribution < 1.29 is 23.8 Å². The summed E-state index contributed by atoms with van der Waals surface area (Å²) in [5.74, 6) is -1.57. The van der Waals surface area contributed by atoms with Crippen molar-refractivity contribution in [1.29, 1.82) is 0 Å². The molecule has 0 spiro atoms. The summed E-state index contributed by atoms with van der Waals surface area (Å²) >= 11 is 0. The van der Waals surface area contributed by atoms with E-state index in [1.54, 1.807) is 37.4 Å². The zero-order chi connectivity index (χ0) is 21.7. The molecule has 3 aromatic rings. The Morgan fingerprint density at radius 3 is 2.53 bits per heavy atom. The van der Waals surface area contributed by atoms with Crippen molar-refractivity contribution >= 4 is 11.9 Å². The number of benzene rings is 2. The van der Waals surface area contributed by atoms with Crippen LogP contribution in [0.3, 0.4) is 0 Å². The van der Waals surface area contributed by atoms with Gasteiger partial charge in [0.05, 0.1) is 11.6 Å². The number of aromatic carboxylic acids is 1. The fourth-order valence-electron chi connectivity index (χ4n) is 2.85. The SMILES string of the molecule is CCc1cnc(Oc2cccc(F)c2)c(C(=O)NC(C)c2ccc(C(=O)O)cc2)c1. The zero-order valence-electron chi connectivity index (χ0n) is 16.6. The quantitative estimate of drug-likeness (QED) is 0.588. The van der Waals surface area contributed by atoms with E-state index in [0.717, 1.165) is 11.1 Å². The van der Waals surface area contributed by atoms with Crippen LogP contribution in [0.5, 0.6) is 11.6 Å². The standard InChI is InChI=1S/C23H21FN2O4/c1-3-15-11-20(22(25-13-15)30-19-6-4-5-18(24)12-19)21(27)26-14(2)16-7-9-17(10-8-16)23(28)29/h4-14H,3H2,1-2H3,(H,26,27)(H,28,29). The predicted octanol–water partition coefficient (Wildman–Crippen LogP) is 4.76. The van der Waals surface area contributed by atoms with Gasteiger partial charge in [0, 0.05) is 12.3 Å². The fraction of sp³-hybridized carbons (Fsp3) is 0.174. The van der Waals surface area contributed by atoms with E-state index in [4.69, 9.17) is 9.84 Å². The number of nitrogens with zero attached hydrogens (tertiary/aromatic N) is 1. The van der Waals surface area contributed by atoms with Gasteiger partial charge in [-0.25, -0.2) is 14.2 Å². The highest BCUT2D eigenvalue weighted by Crippen LogP contribution is 2.25. The average Bonchev–Trinajstić information content (AvgIpc) is 2.74. The van der Waals surface area contributed by atoms with Crippen LogP contribution in [0.15, 0.2) is 60.8 Å². The van der Waals surface area contributed by atoms with Crippen LogP contribution >= 0.6 is 0 Å². The molecule has 0 aliphatic rings. The molecule has 0 aliphatic carbocycles. The van der Waals surface area contributed by atoms with Crippen molar-refractivity contribution in [3.8, 4) is 11.6 Å². The van der Waals surface area contributed by atoms with Gasteiger partial charge in [-0.05, 0) is 54.8 Å². The maximum Gasteiger partial charge on any atom is 0.335 e. The van der Waals surface area contributed by atoms with Gasteiger partial charge in [0.15, 0.2) is 0 Å². The smallest absolute Gasteiger partial charge is 0.335 e. The molecule has 0 bridgehead atoms. The summed E-state index contributed by atoms with van der Waals surface area (Å²) in [7, 11) is 0. The molecule has 6 nitrogen and oxygen atoms in total. The minimum atomic E-state index is -1.01. The molecule has 1 unspecified atom stereocenters. The predicted molar refractivity (Wildman–Crippen MR) is 109 cm³/mol. The second-order valence-corrected chi connectivity index (χ2v) is 6.73. The molecule has 0 fully saturated rings. The van der Waals surface area contributed by atoms with Crippen LogP contribution < -0.4 is 10.1 Å². The van der Waals surface area contributed by atoms with E-state index in [1.165, 1.54) is 30.3 Å². The van der Waals surface area contributed by atoms with Crippen LogP contribution in [0.4, 0.5) is 4.39 Å². The Labute approximate surface area is 173 Å². The Hall–Kier alpha value is -3.74. The maximum absolute atomic E-state index is 13.5. The molecule has 0 radical (unpaired) electrons. The molecule has 3 rings (SSSR count). The molecule has 2 aromatic carbocycles. The van der Waals surface area contributed by atoms with Gasteiger partial charge < -0.3 is 15.2 Å². The van der Waals surface area contributed by atoms with Crippen molar-refractivity contribution in [2.75, 3.05) is 0 Å². The number of carboxylic acid groups (broad SMARTS) is 1. The lowest BCUT2D eigenvalue weighted by molar-refractivity contribution is 0.0696. The molecule has 1 amide bonds. The third kappa shape index (κ3) is 5.00. The molecular weight excluding hydrogens is 387 g/mol. The second kappa shape index (κ2) is 9.17. The number of carboxylic acids is 1. The van der Waals surface area contributed by atoms with Gasteiger partial charge in [-0.2, -0.15) is 0 Å². The molecule has 1 heterocycles. The van der Waals surface area contributed by atoms with Crippen LogP contribution in [0, 0.1) is 5.82 Å². The largest absolute Gasteiger partial charge is 0.478 e. The molecule has 1 atom stereocenters. The number of pyridine rings is 1. The van der Waals surface area contributed by atoms with Crippen LogP contribution in [0.1, 0.15) is 51.7 Å². The van der Waals surface area contributed by atoms with E-state index >= 15 is 0 Å². The Kier molecular flexibility index (Phi) is 6.41. The summed E-state index contributed by atoms with van der Waals surface area (Å²) in [4.78, 5) is 28.2. The third-order valence-corrected chi connectivity index (χ3v) is 4.58. The van der Waals surface area contributed by atoms with Gasteiger partial charge in [0.25, 0.3) is 5.91 Å². The van der Waals surface area contributed by atoms with E-state index in [0.29, 0.717) is 6.42 Å². The van der Waals surface area contributed by atoms with Gasteiger partial charge in [0.2, 0.25) is 5.88 Å². The molecule has 1 aromatic heterocycles. The van der Waals surface area contributed by atoms with Gasteiger partial charge in [0.1, 0.15) is 17.1 Å². The highest BCUT2D eigenvalue weighted by molar-refractivity contribution is 5.97. The number of nitrogens with one attached hydrogen (secondary N) is 1. The summed E-state index contributed by atoms with van der Waals surface area (Å²) in [5.41, 5.74) is 2.00. The lowest BCUT2D eigenvalue weighted by Gasteiger charge is -2.16. The van der Waals surface area contributed by atoms with Gasteiger partial charge in [-0.1, -0.05) is 25.1 Å². The molecule has 0 saturated heterocycles. The van der Waals surface area contributed by atoms with E-state index in [1.807, 2.05) is 6.92 Å². The number of aromatic nitrogens is 1. The molecule has 0 saturated carbocycles. The van der Waals surface area contributed by atoms with Crippen molar-refractivity contribution in [3.05, 3.63) is 88.9 Å². The second-order valence-electron chi connectivity index (χ2n) is 6.73. The number of amides is 1. The number of hydrogen-bond donors (Lipinski definition) is 2. The first-order valence-electron chi connectivity index (χ1n) is 9.44. The van der Waals surface area contributed by atoms with Gasteiger partial charge in [-0.15, -0.1) is 0 Å². The van der Waals surface area contributed by atoms with Crippen LogP contribution in [-0.2, 0) is 6.42 Å². The fourth-order valence-corrected chi connectivity index (χ4v) is 2.85. The number of hydrogen-bond acceptors (Lipinski definition) is 4. The van der Waals surface area contributed by atoms with Crippen molar-refractivity contribution in [1.82, 2.24) is 10.3 Å². The van der Waals surface area contributed by atoms with Gasteiger partial charge in [-0.3, -0.25) is 4.79 Å². The lowest BCUT2D eigenvalue weighted by Crippen LogP contribution is -2.27. The number of halogens is 1. The first-order chi connectivity index (χ1) is 14.4. The highest BCUT2D eigenvalue weighted by atomic mass is 19.1. The average molecular weight is 408 g/mol. The molecule has 7 heteroatoms. The van der Waals surface area contributed by atoms with E-state index in [-0.39, 0.29) is 28.8 Å². The summed E-state index contributed by atoms with van der Waals surface area (Å²) in [6, 6.07) is 13.2. The maximum atomic E-state index is 13.5. The molecule has 0 aliphatic heterocycles. The van der Waals surface area contributed by atoms with Crippen molar-refractivity contribution in [2.45, 2.75) is 26.3 Å². The number of carbonyl (C=O) groups excluding carboxylic acids is 1. The lowest BCUT2D eigenvalue weighted by atomic mass is 10.1. The van der Waals surface area contributed by atoms with Gasteiger partial charge >= 0.3 is 5.97 Å². The normalized spacial score (nSPS) is 11.6. The van der Waals surface area contributed by atoms with Crippen LogP contribution in [0.2, 0.25) is 0 Å². The number of rotatable bonds is 7. The first kappa shape index (κ1) is 21.0. The molecule has 2 N–H and O–H groups in total. The Bertz CT molecular complexity index is 1070. The monoisotopic (exact) mass is 408 g/mol. The Balaban J connectivity index is 1.83. The van der Waals surface area contributed by atoms with Crippen LogP contribution in [-0.4, -0.2) is 22.0 Å². The molecule has 30 heavy (non-hydrogen) atoms. The van der Waals surface area contributed by atoms with Crippen molar-refractivity contribution in [3.63, 3.8) is 0 Å². The van der Waals surface area contributed by atoms with E-state index < -0.39 is 17.7 Å². The third-order valence-electron chi connectivity index (χ3n) is 4.58. The Morgan fingerprint density at radius 1 is 1.17 bits per heavy atom. The number of carbonyl (C=O) groups is 2. The zero-order valence-corrected chi connectivity index (χ0v) is 16.6. The summed E-state index contributed by atoms with van der Waals surface area (Å²) in [6.07, 6.45) is 2.29. The summed E-state index contributed by atoms with van der Waals surface area (Å²) < 4.78 is 19.1. The number of ether oxygens (including phenoxy) is 1. The van der Waals surface area contributed by atoms with E-state index in [2.05, 4.69) is 10.3 Å². The number of aryl methyl sites for hydroxylation is 1. The summed E-state index contributed by atoms with van der Waals surface area (Å²) in [5, 5.41) is 11.9. The van der Waals surface area contributed by atoms with E-state index in [9.17, 15) is 14.0 Å². The molecule has 154 valence electrons.